The minimum absolute atomic E-state index is 0.0408. The minimum Gasteiger partial charge on any atom is -0.301 e. The van der Waals surface area contributed by atoms with Crippen molar-refractivity contribution < 1.29 is 0 Å². The van der Waals surface area contributed by atoms with Crippen molar-refractivity contribution in [1.29, 1.82) is 5.26 Å². The normalized spacial score (nSPS) is 14.7. The van der Waals surface area contributed by atoms with Crippen molar-refractivity contribution in [1.82, 2.24) is 5.32 Å². The molecular weight excluding hydrogens is 232 g/mol. The summed E-state index contributed by atoms with van der Waals surface area (Å²) in [6, 6.07) is 11.0. The molecule has 1 aromatic rings. The van der Waals surface area contributed by atoms with Gasteiger partial charge in [-0.15, -0.1) is 0 Å². The van der Waals surface area contributed by atoms with Crippen LogP contribution in [-0.4, -0.2) is 12.6 Å². The summed E-state index contributed by atoms with van der Waals surface area (Å²) in [4.78, 5) is 0. The van der Waals surface area contributed by atoms with E-state index in [2.05, 4.69) is 63.3 Å². The van der Waals surface area contributed by atoms with Crippen molar-refractivity contribution in [3.05, 3.63) is 35.4 Å². The van der Waals surface area contributed by atoms with Crippen LogP contribution in [0.4, 0.5) is 0 Å². The summed E-state index contributed by atoms with van der Waals surface area (Å²) in [7, 11) is 0. The van der Waals surface area contributed by atoms with Gasteiger partial charge in [-0.3, -0.25) is 0 Å². The quantitative estimate of drug-likeness (QED) is 0.837. The van der Waals surface area contributed by atoms with Gasteiger partial charge in [-0.25, -0.2) is 0 Å². The highest BCUT2D eigenvalue weighted by Gasteiger charge is 2.21. The van der Waals surface area contributed by atoms with Crippen molar-refractivity contribution in [3.8, 4) is 6.07 Å². The third kappa shape index (κ3) is 4.36. The molecule has 0 saturated carbocycles. The van der Waals surface area contributed by atoms with E-state index in [9.17, 15) is 0 Å². The predicted molar refractivity (Wildman–Crippen MR) is 81.3 cm³/mol. The summed E-state index contributed by atoms with van der Waals surface area (Å²) in [6.45, 7) is 11.6. The maximum atomic E-state index is 8.81. The van der Waals surface area contributed by atoms with Crippen molar-refractivity contribution in [3.63, 3.8) is 0 Å². The van der Waals surface area contributed by atoms with Gasteiger partial charge in [0.15, 0.2) is 0 Å². The molecule has 1 aromatic carbocycles. The van der Waals surface area contributed by atoms with Crippen molar-refractivity contribution >= 4 is 0 Å². The monoisotopic (exact) mass is 258 g/mol. The van der Waals surface area contributed by atoms with Crippen LogP contribution < -0.4 is 5.32 Å². The molecule has 0 radical (unpaired) electrons. The molecule has 0 aliphatic carbocycles. The van der Waals surface area contributed by atoms with Crippen LogP contribution in [0, 0.1) is 11.3 Å². The van der Waals surface area contributed by atoms with Gasteiger partial charge in [-0.1, -0.05) is 52.0 Å². The first-order chi connectivity index (χ1) is 8.90. The fraction of sp³-hybridized carbons (Fsp3) is 0.588. The van der Waals surface area contributed by atoms with E-state index in [1.165, 1.54) is 17.5 Å². The molecule has 19 heavy (non-hydrogen) atoms. The minimum atomic E-state index is -0.0985. The SMILES string of the molecule is CCC(C)c1ccc(C(C)(C)CNC(C)C#N)cc1. The lowest BCUT2D eigenvalue weighted by atomic mass is 9.83. The number of nitrogens with zero attached hydrogens (tertiary/aromatic N) is 1. The molecule has 0 aromatic heterocycles. The van der Waals surface area contributed by atoms with Gasteiger partial charge in [0, 0.05) is 12.0 Å². The molecule has 0 fully saturated rings. The molecule has 0 aliphatic heterocycles. The highest BCUT2D eigenvalue weighted by molar-refractivity contribution is 5.30. The Labute approximate surface area is 117 Å². The molecule has 1 rings (SSSR count). The lowest BCUT2D eigenvalue weighted by Gasteiger charge is -2.27. The molecule has 2 heteroatoms. The molecule has 0 amide bonds. The van der Waals surface area contributed by atoms with Crippen LogP contribution in [0.15, 0.2) is 24.3 Å². The second-order valence-electron chi connectivity index (χ2n) is 6.05. The first-order valence-electron chi connectivity index (χ1n) is 7.14. The standard InChI is InChI=1S/C17H26N2/c1-6-13(2)15-7-9-16(10-8-15)17(4,5)12-19-14(3)11-18/h7-10,13-14,19H,6,12H2,1-5H3. The van der Waals surface area contributed by atoms with Crippen molar-refractivity contribution in [2.24, 2.45) is 0 Å². The van der Waals surface area contributed by atoms with Crippen LogP contribution >= 0.6 is 0 Å². The molecule has 2 unspecified atom stereocenters. The zero-order valence-corrected chi connectivity index (χ0v) is 12.8. The van der Waals surface area contributed by atoms with Crippen LogP contribution in [0.25, 0.3) is 0 Å². The van der Waals surface area contributed by atoms with E-state index < -0.39 is 0 Å². The third-order valence-electron chi connectivity index (χ3n) is 3.92. The van der Waals surface area contributed by atoms with E-state index in [1.54, 1.807) is 0 Å². The highest BCUT2D eigenvalue weighted by atomic mass is 14.9. The lowest BCUT2D eigenvalue weighted by Crippen LogP contribution is -2.37. The summed E-state index contributed by atoms with van der Waals surface area (Å²) in [5, 5.41) is 12.1. The maximum Gasteiger partial charge on any atom is 0.0924 e. The summed E-state index contributed by atoms with van der Waals surface area (Å²) in [6.07, 6.45) is 1.17. The molecule has 2 atom stereocenters. The van der Waals surface area contributed by atoms with Crippen molar-refractivity contribution in [2.75, 3.05) is 6.54 Å². The Hall–Kier alpha value is -1.33. The van der Waals surface area contributed by atoms with Crippen LogP contribution in [0.2, 0.25) is 0 Å². The predicted octanol–water partition coefficient (Wildman–Crippen LogP) is 3.98. The van der Waals surface area contributed by atoms with Gasteiger partial charge >= 0.3 is 0 Å². The molecule has 1 N–H and O–H groups in total. The smallest absolute Gasteiger partial charge is 0.0924 e. The lowest BCUT2D eigenvalue weighted by molar-refractivity contribution is 0.457. The van der Waals surface area contributed by atoms with E-state index in [0.29, 0.717) is 5.92 Å². The first-order valence-corrected chi connectivity index (χ1v) is 7.14. The van der Waals surface area contributed by atoms with Crippen molar-refractivity contribution in [2.45, 2.75) is 58.4 Å². The number of rotatable bonds is 6. The zero-order chi connectivity index (χ0) is 14.5. The molecule has 0 aliphatic rings. The number of hydrogen-bond acceptors (Lipinski definition) is 2. The number of benzene rings is 1. The van der Waals surface area contributed by atoms with Crippen LogP contribution in [0.1, 0.15) is 58.1 Å². The molecule has 0 saturated heterocycles. The van der Waals surface area contributed by atoms with E-state index in [-0.39, 0.29) is 11.5 Å². The fourth-order valence-corrected chi connectivity index (χ4v) is 2.05. The number of nitrogens with one attached hydrogen (secondary N) is 1. The molecule has 0 heterocycles. The third-order valence-corrected chi connectivity index (χ3v) is 3.92. The largest absolute Gasteiger partial charge is 0.301 e. The van der Waals surface area contributed by atoms with Gasteiger partial charge in [0.1, 0.15) is 0 Å². The Morgan fingerprint density at radius 3 is 2.26 bits per heavy atom. The average molecular weight is 258 g/mol. The zero-order valence-electron chi connectivity index (χ0n) is 12.8. The molecule has 0 bridgehead atoms. The Morgan fingerprint density at radius 2 is 1.79 bits per heavy atom. The van der Waals surface area contributed by atoms with Crippen LogP contribution in [0.5, 0.6) is 0 Å². The summed E-state index contributed by atoms with van der Waals surface area (Å²) in [5.41, 5.74) is 2.76. The Bertz CT molecular complexity index is 426. The second kappa shape index (κ2) is 6.73. The average Bonchev–Trinajstić information content (AvgIpc) is 2.44. The molecule has 104 valence electrons. The summed E-state index contributed by atoms with van der Waals surface area (Å²) < 4.78 is 0. The van der Waals surface area contributed by atoms with E-state index in [4.69, 9.17) is 5.26 Å². The highest BCUT2D eigenvalue weighted by Crippen LogP contribution is 2.25. The van der Waals surface area contributed by atoms with Gasteiger partial charge in [-0.05, 0) is 30.4 Å². The van der Waals surface area contributed by atoms with E-state index >= 15 is 0 Å². The van der Waals surface area contributed by atoms with Crippen LogP contribution in [0.3, 0.4) is 0 Å². The van der Waals surface area contributed by atoms with E-state index in [1.807, 2.05) is 6.92 Å². The van der Waals surface area contributed by atoms with Gasteiger partial charge in [-0.2, -0.15) is 5.26 Å². The van der Waals surface area contributed by atoms with Gasteiger partial charge in [0.25, 0.3) is 0 Å². The molecule has 2 nitrogen and oxygen atoms in total. The van der Waals surface area contributed by atoms with Gasteiger partial charge < -0.3 is 5.32 Å². The first kappa shape index (κ1) is 15.7. The Kier molecular flexibility index (Phi) is 5.57. The Balaban J connectivity index is 2.76. The molecule has 0 spiro atoms. The van der Waals surface area contributed by atoms with E-state index in [0.717, 1.165) is 6.54 Å². The second-order valence-corrected chi connectivity index (χ2v) is 6.05. The fourth-order valence-electron chi connectivity index (χ4n) is 2.05. The summed E-state index contributed by atoms with van der Waals surface area (Å²) in [5.74, 6) is 0.619. The van der Waals surface area contributed by atoms with Gasteiger partial charge in [0.05, 0.1) is 12.1 Å². The van der Waals surface area contributed by atoms with Crippen LogP contribution in [-0.2, 0) is 5.41 Å². The maximum absolute atomic E-state index is 8.81. The summed E-state index contributed by atoms with van der Waals surface area (Å²) >= 11 is 0. The van der Waals surface area contributed by atoms with Gasteiger partial charge in [0.2, 0.25) is 0 Å². The number of hydrogen-bond donors (Lipinski definition) is 1. The molecular formula is C17H26N2. The Morgan fingerprint density at radius 1 is 1.21 bits per heavy atom. The number of nitriles is 1. The topological polar surface area (TPSA) is 35.8 Å².